The Morgan fingerprint density at radius 1 is 1.50 bits per heavy atom. The van der Waals surface area contributed by atoms with Crippen molar-refractivity contribution in [2.45, 2.75) is 31.7 Å². The molecule has 0 amide bonds. The molecule has 1 aromatic rings. The maximum absolute atomic E-state index is 13.4. The van der Waals surface area contributed by atoms with Gasteiger partial charge in [-0.25, -0.2) is 4.39 Å². The second-order valence-electron chi connectivity index (χ2n) is 4.77. The molecule has 2 aliphatic rings. The fourth-order valence-corrected chi connectivity index (χ4v) is 3.13. The highest BCUT2D eigenvalue weighted by Crippen LogP contribution is 2.64. The van der Waals surface area contributed by atoms with Crippen molar-refractivity contribution in [2.24, 2.45) is 11.7 Å². The Labute approximate surface area is 83.1 Å². The van der Waals surface area contributed by atoms with Gasteiger partial charge in [-0.3, -0.25) is 0 Å². The second-order valence-corrected chi connectivity index (χ2v) is 4.77. The summed E-state index contributed by atoms with van der Waals surface area (Å²) in [6, 6.07) is 3.43. The molecule has 3 rings (SSSR count). The van der Waals surface area contributed by atoms with Gasteiger partial charge in [-0.2, -0.15) is 0 Å². The van der Waals surface area contributed by atoms with Crippen molar-refractivity contribution in [3.8, 4) is 0 Å². The summed E-state index contributed by atoms with van der Waals surface area (Å²) in [6.45, 7) is 4.02. The largest absolute Gasteiger partial charge is 0.321 e. The first-order chi connectivity index (χ1) is 6.55. The zero-order valence-electron chi connectivity index (χ0n) is 8.47. The van der Waals surface area contributed by atoms with E-state index in [1.807, 2.05) is 13.0 Å². The van der Waals surface area contributed by atoms with Gasteiger partial charge >= 0.3 is 0 Å². The highest BCUT2D eigenvalue weighted by Gasteiger charge is 2.61. The van der Waals surface area contributed by atoms with Crippen molar-refractivity contribution in [1.82, 2.24) is 0 Å². The first-order valence-electron chi connectivity index (χ1n) is 5.14. The zero-order valence-corrected chi connectivity index (χ0v) is 8.47. The molecule has 1 aromatic carbocycles. The van der Waals surface area contributed by atoms with Crippen molar-refractivity contribution < 1.29 is 4.39 Å². The maximum Gasteiger partial charge on any atom is 0.126 e. The lowest BCUT2D eigenvalue weighted by molar-refractivity contribution is 0.602. The van der Waals surface area contributed by atoms with Gasteiger partial charge in [0.2, 0.25) is 0 Å². The number of nitrogens with two attached hydrogens (primary N) is 1. The van der Waals surface area contributed by atoms with E-state index in [-0.39, 0.29) is 11.4 Å². The molecule has 0 saturated heterocycles. The number of benzene rings is 1. The van der Waals surface area contributed by atoms with Gasteiger partial charge in [0.15, 0.2) is 0 Å². The maximum atomic E-state index is 13.4. The van der Waals surface area contributed by atoms with Crippen molar-refractivity contribution in [3.05, 3.63) is 34.6 Å². The fourth-order valence-electron chi connectivity index (χ4n) is 3.13. The van der Waals surface area contributed by atoms with Crippen LogP contribution >= 0.6 is 0 Å². The standard InChI is InChI=1S/C12H14FN/c1-6-9-5-12(9,14)8-3-4-10(13)7(2)11(6)8/h3-4,6,9H,5,14H2,1-2H3. The summed E-state index contributed by atoms with van der Waals surface area (Å²) < 4.78 is 13.4. The summed E-state index contributed by atoms with van der Waals surface area (Å²) in [5.74, 6) is 0.893. The first-order valence-corrected chi connectivity index (χ1v) is 5.14. The Morgan fingerprint density at radius 2 is 2.21 bits per heavy atom. The summed E-state index contributed by atoms with van der Waals surface area (Å²) in [6.07, 6.45) is 1.08. The van der Waals surface area contributed by atoms with Crippen molar-refractivity contribution in [1.29, 1.82) is 0 Å². The smallest absolute Gasteiger partial charge is 0.126 e. The lowest BCUT2D eigenvalue weighted by Crippen LogP contribution is -2.19. The number of rotatable bonds is 0. The molecule has 2 N–H and O–H groups in total. The van der Waals surface area contributed by atoms with Gasteiger partial charge in [-0.05, 0) is 47.9 Å². The van der Waals surface area contributed by atoms with E-state index in [2.05, 4.69) is 6.92 Å². The van der Waals surface area contributed by atoms with E-state index in [4.69, 9.17) is 5.73 Å². The van der Waals surface area contributed by atoms with Gasteiger partial charge in [0.25, 0.3) is 0 Å². The van der Waals surface area contributed by atoms with Crippen LogP contribution in [0.15, 0.2) is 12.1 Å². The van der Waals surface area contributed by atoms with Crippen molar-refractivity contribution in [2.75, 3.05) is 0 Å². The lowest BCUT2D eigenvalue weighted by Gasteiger charge is -2.14. The number of halogens is 1. The van der Waals surface area contributed by atoms with E-state index in [0.29, 0.717) is 11.8 Å². The Balaban J connectivity index is 2.29. The molecule has 0 aromatic heterocycles. The average molecular weight is 191 g/mol. The quantitative estimate of drug-likeness (QED) is 0.669. The normalized spacial score (nSPS) is 38.0. The molecule has 0 aliphatic heterocycles. The third kappa shape index (κ3) is 0.742. The van der Waals surface area contributed by atoms with E-state index >= 15 is 0 Å². The highest BCUT2D eigenvalue weighted by atomic mass is 19.1. The summed E-state index contributed by atoms with van der Waals surface area (Å²) in [4.78, 5) is 0. The van der Waals surface area contributed by atoms with Crippen LogP contribution in [-0.2, 0) is 5.54 Å². The molecule has 3 atom stereocenters. The van der Waals surface area contributed by atoms with E-state index in [9.17, 15) is 4.39 Å². The molecule has 1 fully saturated rings. The van der Waals surface area contributed by atoms with Gasteiger partial charge in [-0.1, -0.05) is 13.0 Å². The van der Waals surface area contributed by atoms with Gasteiger partial charge in [0.1, 0.15) is 5.82 Å². The lowest BCUT2D eigenvalue weighted by atomic mass is 9.93. The minimum Gasteiger partial charge on any atom is -0.321 e. The fraction of sp³-hybridized carbons (Fsp3) is 0.500. The number of hydrogen-bond acceptors (Lipinski definition) is 1. The van der Waals surface area contributed by atoms with Crippen LogP contribution in [0.3, 0.4) is 0 Å². The van der Waals surface area contributed by atoms with Crippen molar-refractivity contribution >= 4 is 0 Å². The topological polar surface area (TPSA) is 26.0 Å². The summed E-state index contributed by atoms with van der Waals surface area (Å²) in [7, 11) is 0. The number of hydrogen-bond donors (Lipinski definition) is 1. The molecule has 0 spiro atoms. The molecule has 1 nitrogen and oxygen atoms in total. The van der Waals surface area contributed by atoms with E-state index in [1.165, 1.54) is 11.1 Å². The SMILES string of the molecule is Cc1c(F)ccc2c1C(C)C1CC21N. The summed E-state index contributed by atoms with van der Waals surface area (Å²) in [5.41, 5.74) is 9.29. The van der Waals surface area contributed by atoms with Gasteiger partial charge in [-0.15, -0.1) is 0 Å². The molecular formula is C12H14FN. The second kappa shape index (κ2) is 2.19. The molecule has 14 heavy (non-hydrogen) atoms. The van der Waals surface area contributed by atoms with Crippen LogP contribution in [0.4, 0.5) is 4.39 Å². The monoisotopic (exact) mass is 191 g/mol. The van der Waals surface area contributed by atoms with Gasteiger partial charge in [0.05, 0.1) is 0 Å². The Hall–Kier alpha value is -0.890. The average Bonchev–Trinajstić information content (AvgIpc) is 2.77. The van der Waals surface area contributed by atoms with E-state index < -0.39 is 0 Å². The van der Waals surface area contributed by atoms with Crippen LogP contribution in [0.25, 0.3) is 0 Å². The van der Waals surface area contributed by atoms with Crippen LogP contribution in [0.5, 0.6) is 0 Å². The van der Waals surface area contributed by atoms with Gasteiger partial charge in [0, 0.05) is 5.54 Å². The Morgan fingerprint density at radius 3 is 2.93 bits per heavy atom. The van der Waals surface area contributed by atoms with E-state index in [1.54, 1.807) is 6.07 Å². The summed E-state index contributed by atoms with van der Waals surface area (Å²) in [5, 5.41) is 0. The van der Waals surface area contributed by atoms with E-state index in [0.717, 1.165) is 12.0 Å². The Bertz CT molecular complexity index is 427. The van der Waals surface area contributed by atoms with Crippen LogP contribution in [-0.4, -0.2) is 0 Å². The Kier molecular flexibility index (Phi) is 1.32. The highest BCUT2D eigenvalue weighted by molar-refractivity contribution is 5.52. The number of fused-ring (bicyclic) bond motifs is 3. The molecule has 0 radical (unpaired) electrons. The zero-order chi connectivity index (χ0) is 10.1. The van der Waals surface area contributed by atoms with Gasteiger partial charge < -0.3 is 5.73 Å². The molecule has 0 bridgehead atoms. The minimum atomic E-state index is -0.118. The molecule has 74 valence electrons. The van der Waals surface area contributed by atoms with Crippen LogP contribution < -0.4 is 5.73 Å². The summed E-state index contributed by atoms with van der Waals surface area (Å²) >= 11 is 0. The van der Waals surface area contributed by atoms with Crippen LogP contribution in [0, 0.1) is 18.7 Å². The molecule has 2 aliphatic carbocycles. The minimum absolute atomic E-state index is 0.0968. The molecular weight excluding hydrogens is 177 g/mol. The van der Waals surface area contributed by atoms with Crippen LogP contribution in [0.1, 0.15) is 36.0 Å². The molecule has 0 heterocycles. The molecule has 2 heteroatoms. The molecule has 1 saturated carbocycles. The first kappa shape index (κ1) is 8.42. The predicted molar refractivity (Wildman–Crippen MR) is 53.5 cm³/mol. The third-order valence-corrected chi connectivity index (χ3v) is 4.07. The third-order valence-electron chi connectivity index (χ3n) is 4.07. The van der Waals surface area contributed by atoms with Crippen LogP contribution in [0.2, 0.25) is 0 Å². The molecule has 3 unspecified atom stereocenters. The predicted octanol–water partition coefficient (Wildman–Crippen LogP) is 2.43. The van der Waals surface area contributed by atoms with Crippen molar-refractivity contribution in [3.63, 3.8) is 0 Å².